The fourth-order valence-corrected chi connectivity index (χ4v) is 2.09. The van der Waals surface area contributed by atoms with E-state index in [1.807, 2.05) is 0 Å². The van der Waals surface area contributed by atoms with Gasteiger partial charge in [0.2, 0.25) is 5.91 Å². The third kappa shape index (κ3) is 3.83. The summed E-state index contributed by atoms with van der Waals surface area (Å²) in [4.78, 5) is 14.4. The maximum atomic E-state index is 12.1. The summed E-state index contributed by atoms with van der Waals surface area (Å²) >= 11 is 0. The number of rotatable bonds is 4. The third-order valence-corrected chi connectivity index (χ3v) is 4.19. The topological polar surface area (TPSA) is 91.0 Å². The molecule has 0 unspecified atom stereocenters. The Kier molecular flexibility index (Phi) is 4.79. The van der Waals surface area contributed by atoms with E-state index in [0.29, 0.717) is 6.54 Å². The van der Waals surface area contributed by atoms with Gasteiger partial charge in [-0.1, -0.05) is 12.1 Å². The zero-order valence-electron chi connectivity index (χ0n) is 12.4. The summed E-state index contributed by atoms with van der Waals surface area (Å²) in [5.41, 5.74) is 4.68. The first-order valence-electron chi connectivity index (χ1n) is 6.66. The quantitative estimate of drug-likeness (QED) is 0.302. The minimum Gasteiger partial charge on any atom is -0.409 e. The number of nitrogens with two attached hydrogens (primary N) is 1. The van der Waals surface area contributed by atoms with Gasteiger partial charge in [-0.05, 0) is 52.2 Å². The van der Waals surface area contributed by atoms with Gasteiger partial charge in [-0.2, -0.15) is 0 Å². The van der Waals surface area contributed by atoms with Crippen LogP contribution in [0.4, 0.5) is 0 Å². The highest BCUT2D eigenvalue weighted by Gasteiger charge is 2.35. The lowest BCUT2D eigenvalue weighted by atomic mass is 9.80. The second-order valence-corrected chi connectivity index (χ2v) is 6.41. The minimum atomic E-state index is -0.990. The maximum absolute atomic E-state index is 12.1. The van der Waals surface area contributed by atoms with Crippen LogP contribution in [0.25, 0.3) is 0 Å². The number of amides is 1. The molecule has 1 fully saturated rings. The second-order valence-electron chi connectivity index (χ2n) is 6.41. The molecule has 1 aliphatic heterocycles. The first kappa shape index (κ1) is 15.8. The lowest BCUT2D eigenvalue weighted by Crippen LogP contribution is -2.50. The lowest BCUT2D eigenvalue weighted by Gasteiger charge is -2.38. The Morgan fingerprint density at radius 2 is 2.00 bits per heavy atom. The third-order valence-electron chi connectivity index (χ3n) is 4.19. The van der Waals surface area contributed by atoms with E-state index in [2.05, 4.69) is 29.3 Å². The van der Waals surface area contributed by atoms with Crippen LogP contribution in [0.2, 0.25) is 0 Å². The molecular formula is C13H26N4O2. The van der Waals surface area contributed by atoms with E-state index in [1.54, 1.807) is 13.8 Å². The molecule has 1 aliphatic rings. The zero-order chi connectivity index (χ0) is 14.7. The van der Waals surface area contributed by atoms with Gasteiger partial charge < -0.3 is 21.2 Å². The molecule has 6 heteroatoms. The Morgan fingerprint density at radius 3 is 2.47 bits per heavy atom. The van der Waals surface area contributed by atoms with Gasteiger partial charge in [0.25, 0.3) is 0 Å². The van der Waals surface area contributed by atoms with Crippen molar-refractivity contribution in [2.24, 2.45) is 21.7 Å². The smallest absolute Gasteiger partial charge is 0.233 e. The van der Waals surface area contributed by atoms with Crippen molar-refractivity contribution < 1.29 is 10.0 Å². The van der Waals surface area contributed by atoms with E-state index in [0.717, 1.165) is 25.9 Å². The molecule has 1 saturated heterocycles. The number of nitrogens with zero attached hydrogens (tertiary/aromatic N) is 2. The van der Waals surface area contributed by atoms with Crippen molar-refractivity contribution >= 4 is 11.7 Å². The van der Waals surface area contributed by atoms with Gasteiger partial charge in [0.05, 0.1) is 0 Å². The summed E-state index contributed by atoms with van der Waals surface area (Å²) in [6.07, 6.45) is 2.13. The monoisotopic (exact) mass is 270 g/mol. The second kappa shape index (κ2) is 5.77. The van der Waals surface area contributed by atoms with E-state index in [4.69, 9.17) is 10.9 Å². The van der Waals surface area contributed by atoms with Crippen molar-refractivity contribution in [2.75, 3.05) is 26.7 Å². The van der Waals surface area contributed by atoms with Crippen molar-refractivity contribution in [3.05, 3.63) is 0 Å². The SMILES string of the molecule is CN1CCC(C)(CNC(=O)C(C)(C)C(N)=NO)CC1. The average Bonchev–Trinajstić information content (AvgIpc) is 2.38. The van der Waals surface area contributed by atoms with Crippen LogP contribution >= 0.6 is 0 Å². The molecule has 0 aliphatic carbocycles. The lowest BCUT2D eigenvalue weighted by molar-refractivity contribution is -0.127. The first-order chi connectivity index (χ1) is 8.71. The van der Waals surface area contributed by atoms with Crippen LogP contribution in [0.15, 0.2) is 5.16 Å². The predicted molar refractivity (Wildman–Crippen MR) is 75.0 cm³/mol. The number of carbonyl (C=O) groups is 1. The zero-order valence-corrected chi connectivity index (χ0v) is 12.4. The Balaban J connectivity index is 2.55. The molecule has 0 spiro atoms. The molecule has 0 atom stereocenters. The molecule has 0 saturated carbocycles. The van der Waals surface area contributed by atoms with Crippen molar-refractivity contribution in [3.8, 4) is 0 Å². The summed E-state index contributed by atoms with van der Waals surface area (Å²) in [7, 11) is 2.11. The van der Waals surface area contributed by atoms with E-state index in [9.17, 15) is 4.79 Å². The number of carbonyl (C=O) groups excluding carboxylic acids is 1. The van der Waals surface area contributed by atoms with E-state index >= 15 is 0 Å². The predicted octanol–water partition coefficient (Wildman–Crippen LogP) is 0.607. The molecule has 4 N–H and O–H groups in total. The summed E-state index contributed by atoms with van der Waals surface area (Å²) in [6, 6.07) is 0. The largest absolute Gasteiger partial charge is 0.409 e. The van der Waals surface area contributed by atoms with Gasteiger partial charge in [-0.25, -0.2) is 0 Å². The molecule has 0 aromatic carbocycles. The average molecular weight is 270 g/mol. The molecule has 6 nitrogen and oxygen atoms in total. The van der Waals surface area contributed by atoms with Crippen molar-refractivity contribution in [2.45, 2.75) is 33.6 Å². The molecule has 0 bridgehead atoms. The molecule has 1 heterocycles. The number of oxime groups is 1. The Hall–Kier alpha value is -1.30. The Labute approximate surface area is 115 Å². The van der Waals surface area contributed by atoms with Gasteiger partial charge in [-0.15, -0.1) is 0 Å². The Morgan fingerprint density at radius 1 is 1.47 bits per heavy atom. The summed E-state index contributed by atoms with van der Waals surface area (Å²) in [6.45, 7) is 8.22. The molecule has 0 aromatic rings. The van der Waals surface area contributed by atoms with Crippen LogP contribution in [0, 0.1) is 10.8 Å². The number of likely N-dealkylation sites (tertiary alicyclic amines) is 1. The molecule has 0 radical (unpaired) electrons. The summed E-state index contributed by atoms with van der Waals surface area (Å²) in [5, 5.41) is 14.6. The fourth-order valence-electron chi connectivity index (χ4n) is 2.09. The summed E-state index contributed by atoms with van der Waals surface area (Å²) < 4.78 is 0. The van der Waals surface area contributed by atoms with Crippen LogP contribution in [-0.4, -0.2) is 48.5 Å². The molecular weight excluding hydrogens is 244 g/mol. The highest BCUT2D eigenvalue weighted by Crippen LogP contribution is 2.29. The number of piperidine rings is 1. The van der Waals surface area contributed by atoms with Gasteiger partial charge in [0.15, 0.2) is 5.84 Å². The molecule has 110 valence electrons. The number of hydrogen-bond donors (Lipinski definition) is 3. The fraction of sp³-hybridized carbons (Fsp3) is 0.846. The first-order valence-corrected chi connectivity index (χ1v) is 6.66. The van der Waals surface area contributed by atoms with Crippen molar-refractivity contribution in [1.29, 1.82) is 0 Å². The Bertz CT molecular complexity index is 358. The number of nitrogens with one attached hydrogen (secondary N) is 1. The summed E-state index contributed by atoms with van der Waals surface area (Å²) in [5.74, 6) is -0.276. The van der Waals surface area contributed by atoms with Crippen LogP contribution in [0.3, 0.4) is 0 Å². The minimum absolute atomic E-state index is 0.0708. The normalized spacial score (nSPS) is 21.2. The van der Waals surface area contributed by atoms with Gasteiger partial charge in [0, 0.05) is 6.54 Å². The maximum Gasteiger partial charge on any atom is 0.233 e. The van der Waals surface area contributed by atoms with Gasteiger partial charge in [-0.3, -0.25) is 4.79 Å². The van der Waals surface area contributed by atoms with Crippen molar-refractivity contribution in [3.63, 3.8) is 0 Å². The van der Waals surface area contributed by atoms with Crippen LogP contribution < -0.4 is 11.1 Å². The number of hydrogen-bond acceptors (Lipinski definition) is 4. The molecule has 0 aromatic heterocycles. The standard InChI is InChI=1S/C13H26N4O2/c1-12(2,10(14)16-19)11(18)15-9-13(3)5-7-17(4)8-6-13/h19H,5-9H2,1-4H3,(H2,14,16)(H,15,18). The van der Waals surface area contributed by atoms with E-state index in [1.165, 1.54) is 0 Å². The van der Waals surface area contributed by atoms with Crippen molar-refractivity contribution in [1.82, 2.24) is 10.2 Å². The number of amidine groups is 1. The highest BCUT2D eigenvalue weighted by atomic mass is 16.4. The molecule has 1 amide bonds. The van der Waals surface area contributed by atoms with Crippen LogP contribution in [0.5, 0.6) is 0 Å². The van der Waals surface area contributed by atoms with E-state index < -0.39 is 5.41 Å². The van der Waals surface area contributed by atoms with E-state index in [-0.39, 0.29) is 17.2 Å². The van der Waals surface area contributed by atoms with Gasteiger partial charge in [0.1, 0.15) is 5.41 Å². The van der Waals surface area contributed by atoms with Gasteiger partial charge >= 0.3 is 0 Å². The van der Waals surface area contributed by atoms with Crippen LogP contribution in [0.1, 0.15) is 33.6 Å². The molecule has 19 heavy (non-hydrogen) atoms. The highest BCUT2D eigenvalue weighted by molar-refractivity contribution is 6.05. The molecule has 1 rings (SSSR count). The van der Waals surface area contributed by atoms with Crippen LogP contribution in [-0.2, 0) is 4.79 Å².